The second-order valence-corrected chi connectivity index (χ2v) is 7.92. The van der Waals surface area contributed by atoms with Gasteiger partial charge in [0.05, 0.1) is 5.75 Å². The van der Waals surface area contributed by atoms with Crippen LogP contribution in [0.5, 0.6) is 0 Å². The summed E-state index contributed by atoms with van der Waals surface area (Å²) >= 11 is 1.79. The molecule has 1 aromatic heterocycles. The molecule has 0 aliphatic heterocycles. The third-order valence-electron chi connectivity index (χ3n) is 2.54. The lowest BCUT2D eigenvalue weighted by Crippen LogP contribution is -2.34. The van der Waals surface area contributed by atoms with Crippen molar-refractivity contribution in [2.75, 3.05) is 12.0 Å². The summed E-state index contributed by atoms with van der Waals surface area (Å²) in [6.07, 6.45) is 2.33. The first-order chi connectivity index (χ1) is 7.81. The molecule has 3 nitrogen and oxygen atoms in total. The molecule has 0 bridgehead atoms. The van der Waals surface area contributed by atoms with Crippen molar-refractivity contribution in [1.82, 2.24) is 5.32 Å². The van der Waals surface area contributed by atoms with Crippen LogP contribution < -0.4 is 5.32 Å². The molecule has 1 N–H and O–H groups in total. The van der Waals surface area contributed by atoms with E-state index in [1.54, 1.807) is 11.3 Å². The fraction of sp³-hybridized carbons (Fsp3) is 0.667. The summed E-state index contributed by atoms with van der Waals surface area (Å²) in [5.74, 6) is 0.184. The van der Waals surface area contributed by atoms with Gasteiger partial charge in [-0.1, -0.05) is 6.92 Å². The second kappa shape index (κ2) is 5.98. The van der Waals surface area contributed by atoms with Gasteiger partial charge in [-0.25, -0.2) is 8.42 Å². The number of aryl methyl sites for hydroxylation is 1. The summed E-state index contributed by atoms with van der Waals surface area (Å²) in [4.78, 5) is 2.63. The Balaban J connectivity index is 2.56. The van der Waals surface area contributed by atoms with Gasteiger partial charge in [0, 0.05) is 28.1 Å². The smallest absolute Gasteiger partial charge is 0.148 e. The molecule has 0 saturated carbocycles. The average molecular weight is 275 g/mol. The zero-order chi connectivity index (χ0) is 13.1. The minimum atomic E-state index is -2.91. The Bertz CT molecular complexity index is 451. The van der Waals surface area contributed by atoms with Crippen molar-refractivity contribution >= 4 is 21.2 Å². The molecule has 1 rings (SSSR count). The van der Waals surface area contributed by atoms with Crippen molar-refractivity contribution in [1.29, 1.82) is 0 Å². The Morgan fingerprint density at radius 2 is 2.00 bits per heavy atom. The van der Waals surface area contributed by atoms with Gasteiger partial charge in [0.2, 0.25) is 0 Å². The van der Waals surface area contributed by atoms with E-state index >= 15 is 0 Å². The average Bonchev–Trinajstić information content (AvgIpc) is 2.62. The Morgan fingerprint density at radius 3 is 2.47 bits per heavy atom. The Morgan fingerprint density at radius 1 is 1.35 bits per heavy atom. The van der Waals surface area contributed by atoms with Gasteiger partial charge in [-0.3, -0.25) is 0 Å². The molecule has 0 aromatic carbocycles. The first kappa shape index (κ1) is 14.7. The molecule has 2 unspecified atom stereocenters. The van der Waals surface area contributed by atoms with E-state index in [2.05, 4.69) is 31.3 Å². The number of hydrogen-bond acceptors (Lipinski definition) is 4. The Kier molecular flexibility index (Phi) is 5.16. The number of nitrogens with one attached hydrogen (secondary N) is 1. The second-order valence-electron chi connectivity index (χ2n) is 4.54. The molecule has 1 heterocycles. The molecular weight excluding hydrogens is 254 g/mol. The molecule has 2 atom stereocenters. The van der Waals surface area contributed by atoms with Crippen molar-refractivity contribution in [2.24, 2.45) is 0 Å². The molecule has 0 amide bonds. The van der Waals surface area contributed by atoms with Crippen LogP contribution in [0.2, 0.25) is 0 Å². The maximum Gasteiger partial charge on any atom is 0.148 e. The third-order valence-corrected chi connectivity index (χ3v) is 5.06. The topological polar surface area (TPSA) is 46.2 Å². The first-order valence-corrected chi connectivity index (χ1v) is 8.72. The summed E-state index contributed by atoms with van der Waals surface area (Å²) in [5, 5.41) is 3.32. The van der Waals surface area contributed by atoms with Gasteiger partial charge in [-0.15, -0.1) is 11.3 Å². The van der Waals surface area contributed by atoms with E-state index in [9.17, 15) is 8.42 Å². The highest BCUT2D eigenvalue weighted by Crippen LogP contribution is 2.23. The molecule has 17 heavy (non-hydrogen) atoms. The summed E-state index contributed by atoms with van der Waals surface area (Å²) in [6.45, 7) is 6.12. The highest BCUT2D eigenvalue weighted by molar-refractivity contribution is 7.90. The molecule has 0 aliphatic carbocycles. The van der Waals surface area contributed by atoms with Crippen molar-refractivity contribution in [2.45, 2.75) is 39.3 Å². The van der Waals surface area contributed by atoms with Gasteiger partial charge in [-0.2, -0.15) is 0 Å². The third kappa shape index (κ3) is 5.19. The van der Waals surface area contributed by atoms with E-state index < -0.39 is 9.84 Å². The molecular formula is C12H21NO2S2. The first-order valence-electron chi connectivity index (χ1n) is 5.84. The quantitative estimate of drug-likeness (QED) is 0.867. The van der Waals surface area contributed by atoms with Crippen molar-refractivity contribution in [3.63, 3.8) is 0 Å². The van der Waals surface area contributed by atoms with E-state index in [0.29, 0.717) is 0 Å². The van der Waals surface area contributed by atoms with E-state index in [1.807, 2.05) is 6.92 Å². The molecule has 1 aromatic rings. The molecule has 0 aliphatic rings. The molecule has 98 valence electrons. The van der Waals surface area contributed by atoms with Crippen molar-refractivity contribution < 1.29 is 8.42 Å². The number of rotatable bonds is 6. The van der Waals surface area contributed by atoms with E-state index in [-0.39, 0.29) is 17.8 Å². The molecule has 0 saturated heterocycles. The number of sulfone groups is 1. The standard InChI is InChI=1S/C12H21NO2S2/c1-5-11-6-7-12(16-11)10(3)13-9(2)8-17(4,14)15/h6-7,9-10,13H,5,8H2,1-4H3. The van der Waals surface area contributed by atoms with Crippen LogP contribution in [0.3, 0.4) is 0 Å². The van der Waals surface area contributed by atoms with Crippen molar-refractivity contribution in [3.05, 3.63) is 21.9 Å². The van der Waals surface area contributed by atoms with Crippen LogP contribution >= 0.6 is 11.3 Å². The Hall–Kier alpha value is -0.390. The largest absolute Gasteiger partial charge is 0.306 e. The summed E-state index contributed by atoms with van der Waals surface area (Å²) < 4.78 is 22.3. The molecule has 5 heteroatoms. The molecule has 0 spiro atoms. The maximum absolute atomic E-state index is 11.2. The van der Waals surface area contributed by atoms with Gasteiger partial charge >= 0.3 is 0 Å². The van der Waals surface area contributed by atoms with Gasteiger partial charge in [0.1, 0.15) is 9.84 Å². The van der Waals surface area contributed by atoms with Gasteiger partial charge < -0.3 is 5.32 Å². The summed E-state index contributed by atoms with van der Waals surface area (Å²) in [6, 6.07) is 4.44. The zero-order valence-electron chi connectivity index (χ0n) is 10.9. The lowest BCUT2D eigenvalue weighted by molar-refractivity contribution is 0.505. The lowest BCUT2D eigenvalue weighted by Gasteiger charge is -2.18. The van der Waals surface area contributed by atoms with E-state index in [0.717, 1.165) is 6.42 Å². The lowest BCUT2D eigenvalue weighted by atomic mass is 10.2. The minimum absolute atomic E-state index is 0.0211. The van der Waals surface area contributed by atoms with Gasteiger partial charge in [0.15, 0.2) is 0 Å². The van der Waals surface area contributed by atoms with Gasteiger partial charge in [-0.05, 0) is 32.4 Å². The van der Waals surface area contributed by atoms with Crippen molar-refractivity contribution in [3.8, 4) is 0 Å². The maximum atomic E-state index is 11.2. The van der Waals surface area contributed by atoms with E-state index in [1.165, 1.54) is 16.0 Å². The SMILES string of the molecule is CCc1ccc(C(C)NC(C)CS(C)(=O)=O)s1. The monoisotopic (exact) mass is 275 g/mol. The normalized spacial score (nSPS) is 15.8. The minimum Gasteiger partial charge on any atom is -0.306 e. The van der Waals surface area contributed by atoms with Gasteiger partial charge in [0.25, 0.3) is 0 Å². The number of hydrogen-bond donors (Lipinski definition) is 1. The molecule has 0 fully saturated rings. The van der Waals surface area contributed by atoms with Crippen LogP contribution in [0, 0.1) is 0 Å². The molecule has 0 radical (unpaired) electrons. The van der Waals surface area contributed by atoms with Crippen LogP contribution in [0.1, 0.15) is 36.6 Å². The fourth-order valence-electron chi connectivity index (χ4n) is 1.83. The predicted octanol–water partition coefficient (Wildman–Crippen LogP) is 2.39. The fourth-order valence-corrected chi connectivity index (χ4v) is 3.80. The van der Waals surface area contributed by atoms with Crippen LogP contribution in [0.15, 0.2) is 12.1 Å². The van der Waals surface area contributed by atoms with Crippen LogP contribution in [0.4, 0.5) is 0 Å². The summed E-state index contributed by atoms with van der Waals surface area (Å²) in [5.41, 5.74) is 0. The van der Waals surface area contributed by atoms with Crippen LogP contribution in [0.25, 0.3) is 0 Å². The summed E-state index contributed by atoms with van der Waals surface area (Å²) in [7, 11) is -2.91. The zero-order valence-corrected chi connectivity index (χ0v) is 12.5. The highest BCUT2D eigenvalue weighted by Gasteiger charge is 2.15. The Labute approximate surface area is 108 Å². The van der Waals surface area contributed by atoms with E-state index in [4.69, 9.17) is 0 Å². The van der Waals surface area contributed by atoms with Crippen LogP contribution in [-0.2, 0) is 16.3 Å². The highest BCUT2D eigenvalue weighted by atomic mass is 32.2. The van der Waals surface area contributed by atoms with Crippen LogP contribution in [-0.4, -0.2) is 26.5 Å². The number of thiophene rings is 1. The predicted molar refractivity (Wildman–Crippen MR) is 74.4 cm³/mol.